The van der Waals surface area contributed by atoms with E-state index in [1.165, 1.54) is 27.8 Å². The molecular weight excluding hydrogens is 412 g/mol. The second kappa shape index (κ2) is 9.07. The van der Waals surface area contributed by atoms with Gasteiger partial charge in [0.2, 0.25) is 0 Å². The van der Waals surface area contributed by atoms with E-state index >= 15 is 0 Å². The Morgan fingerprint density at radius 2 is 0.971 bits per heavy atom. The maximum atomic E-state index is 5.25. The van der Waals surface area contributed by atoms with Gasteiger partial charge in [0.15, 0.2) is 0 Å². The summed E-state index contributed by atoms with van der Waals surface area (Å²) in [6.45, 7) is 8.53. The van der Waals surface area contributed by atoms with Crippen molar-refractivity contribution >= 4 is 0 Å². The summed E-state index contributed by atoms with van der Waals surface area (Å²) in [6.07, 6.45) is 1.92. The predicted molar refractivity (Wildman–Crippen MR) is 143 cm³/mol. The van der Waals surface area contributed by atoms with Gasteiger partial charge in [0.25, 0.3) is 0 Å². The summed E-state index contributed by atoms with van der Waals surface area (Å²) in [4.78, 5) is 10.3. The van der Waals surface area contributed by atoms with Gasteiger partial charge in [-0.2, -0.15) is 0 Å². The average Bonchev–Trinajstić information content (AvgIpc) is 2.83. The second-order valence-corrected chi connectivity index (χ2v) is 9.12. The van der Waals surface area contributed by atoms with E-state index in [0.717, 1.165) is 39.3 Å². The lowest BCUT2D eigenvalue weighted by Gasteiger charge is -2.15. The fourth-order valence-corrected chi connectivity index (χ4v) is 4.73. The van der Waals surface area contributed by atoms with Gasteiger partial charge in [0.05, 0.1) is 23.3 Å². The normalized spacial score (nSPS) is 10.9. The van der Waals surface area contributed by atoms with Gasteiger partial charge < -0.3 is 0 Å². The number of aromatic nitrogens is 2. The van der Waals surface area contributed by atoms with Crippen LogP contribution in [0.1, 0.15) is 22.3 Å². The van der Waals surface area contributed by atoms with E-state index < -0.39 is 0 Å². The Hall–Kier alpha value is -4.04. The van der Waals surface area contributed by atoms with Crippen LogP contribution in [0.2, 0.25) is 0 Å². The minimum absolute atomic E-state index is 0.877. The highest BCUT2D eigenvalue weighted by molar-refractivity contribution is 5.85. The summed E-state index contributed by atoms with van der Waals surface area (Å²) in [6, 6.07) is 32.1. The Labute approximate surface area is 202 Å². The fourth-order valence-electron chi connectivity index (χ4n) is 4.73. The van der Waals surface area contributed by atoms with Crippen LogP contribution in [0.3, 0.4) is 0 Å². The molecule has 4 aromatic carbocycles. The molecule has 0 spiro atoms. The standard InChI is InChI=1S/C32H28N2/c1-21-14-22(2)17-26(16-21)31-32(27-18-23(3)15-24(4)19-27)34-30(20-33-31)29-13-9-8-12-28(29)25-10-6-5-7-11-25/h5-20H,1-4H3. The van der Waals surface area contributed by atoms with E-state index in [0.29, 0.717) is 0 Å². The molecule has 5 aromatic rings. The molecule has 2 heteroatoms. The van der Waals surface area contributed by atoms with Crippen molar-refractivity contribution in [1.29, 1.82) is 0 Å². The number of hydrogen-bond acceptors (Lipinski definition) is 2. The van der Waals surface area contributed by atoms with Crippen LogP contribution < -0.4 is 0 Å². The summed E-state index contributed by atoms with van der Waals surface area (Å²) in [5.41, 5.74) is 13.2. The molecule has 1 aromatic heterocycles. The maximum absolute atomic E-state index is 5.25. The zero-order valence-electron chi connectivity index (χ0n) is 20.1. The van der Waals surface area contributed by atoms with Gasteiger partial charge in [-0.3, -0.25) is 4.98 Å². The molecule has 0 aliphatic rings. The van der Waals surface area contributed by atoms with Crippen molar-refractivity contribution in [1.82, 2.24) is 9.97 Å². The number of aryl methyl sites for hydroxylation is 4. The minimum Gasteiger partial charge on any atom is -0.252 e. The zero-order chi connectivity index (χ0) is 23.7. The Morgan fingerprint density at radius 1 is 0.471 bits per heavy atom. The smallest absolute Gasteiger partial charge is 0.0972 e. The topological polar surface area (TPSA) is 25.8 Å². The first-order valence-corrected chi connectivity index (χ1v) is 11.7. The van der Waals surface area contributed by atoms with Crippen LogP contribution in [-0.4, -0.2) is 9.97 Å². The zero-order valence-corrected chi connectivity index (χ0v) is 20.1. The first-order chi connectivity index (χ1) is 16.5. The molecule has 0 fully saturated rings. The molecule has 0 saturated carbocycles. The van der Waals surface area contributed by atoms with Crippen LogP contribution in [0.4, 0.5) is 0 Å². The molecule has 0 atom stereocenters. The van der Waals surface area contributed by atoms with Crippen LogP contribution in [0.15, 0.2) is 97.2 Å². The molecule has 0 amide bonds. The van der Waals surface area contributed by atoms with Crippen molar-refractivity contribution in [3.8, 4) is 44.9 Å². The molecule has 0 saturated heterocycles. The molecule has 34 heavy (non-hydrogen) atoms. The lowest BCUT2D eigenvalue weighted by atomic mass is 9.96. The average molecular weight is 441 g/mol. The Bertz CT molecular complexity index is 1440. The molecule has 0 bridgehead atoms. The Kier molecular flexibility index (Phi) is 5.81. The summed E-state index contributed by atoms with van der Waals surface area (Å²) < 4.78 is 0. The largest absolute Gasteiger partial charge is 0.252 e. The van der Waals surface area contributed by atoms with Crippen molar-refractivity contribution in [2.75, 3.05) is 0 Å². The third-order valence-corrected chi connectivity index (χ3v) is 6.05. The highest BCUT2D eigenvalue weighted by Crippen LogP contribution is 2.36. The van der Waals surface area contributed by atoms with Crippen molar-refractivity contribution < 1.29 is 0 Å². The van der Waals surface area contributed by atoms with Gasteiger partial charge in [-0.05, 0) is 63.1 Å². The molecule has 0 aliphatic heterocycles. The summed E-state index contributed by atoms with van der Waals surface area (Å²) in [5.74, 6) is 0. The lowest BCUT2D eigenvalue weighted by Crippen LogP contribution is -1.98. The van der Waals surface area contributed by atoms with E-state index in [9.17, 15) is 0 Å². The van der Waals surface area contributed by atoms with Crippen molar-refractivity contribution in [3.63, 3.8) is 0 Å². The number of hydrogen-bond donors (Lipinski definition) is 0. The predicted octanol–water partition coefficient (Wildman–Crippen LogP) is 8.38. The molecule has 0 radical (unpaired) electrons. The highest BCUT2D eigenvalue weighted by atomic mass is 14.8. The number of benzene rings is 4. The highest BCUT2D eigenvalue weighted by Gasteiger charge is 2.16. The van der Waals surface area contributed by atoms with E-state index in [4.69, 9.17) is 9.97 Å². The molecule has 0 unspecified atom stereocenters. The summed E-state index contributed by atoms with van der Waals surface area (Å²) in [5, 5.41) is 0. The number of rotatable bonds is 4. The van der Waals surface area contributed by atoms with Crippen LogP contribution in [0, 0.1) is 27.7 Å². The monoisotopic (exact) mass is 440 g/mol. The van der Waals surface area contributed by atoms with Crippen molar-refractivity contribution in [2.45, 2.75) is 27.7 Å². The quantitative estimate of drug-likeness (QED) is 0.280. The second-order valence-electron chi connectivity index (χ2n) is 9.12. The maximum Gasteiger partial charge on any atom is 0.0972 e. The molecule has 2 nitrogen and oxygen atoms in total. The van der Waals surface area contributed by atoms with E-state index in [1.807, 2.05) is 12.3 Å². The molecular formula is C32H28N2. The SMILES string of the molecule is Cc1cc(C)cc(-c2ncc(-c3ccccc3-c3ccccc3)nc2-c2cc(C)cc(C)c2)c1. The van der Waals surface area contributed by atoms with Gasteiger partial charge in [-0.25, -0.2) is 4.98 Å². The molecule has 0 aliphatic carbocycles. The Balaban J connectivity index is 1.75. The van der Waals surface area contributed by atoms with E-state index in [-0.39, 0.29) is 0 Å². The molecule has 166 valence electrons. The van der Waals surface area contributed by atoms with Crippen LogP contribution in [0.25, 0.3) is 44.9 Å². The van der Waals surface area contributed by atoms with Crippen LogP contribution in [-0.2, 0) is 0 Å². The van der Waals surface area contributed by atoms with Gasteiger partial charge in [0, 0.05) is 16.7 Å². The van der Waals surface area contributed by atoms with Gasteiger partial charge in [-0.15, -0.1) is 0 Å². The van der Waals surface area contributed by atoms with Crippen molar-refractivity contribution in [3.05, 3.63) is 119 Å². The first kappa shape index (κ1) is 21.8. The van der Waals surface area contributed by atoms with Crippen LogP contribution in [0.5, 0.6) is 0 Å². The fraction of sp³-hybridized carbons (Fsp3) is 0.125. The molecule has 5 rings (SSSR count). The van der Waals surface area contributed by atoms with E-state index in [1.54, 1.807) is 0 Å². The molecule has 1 heterocycles. The number of nitrogens with zero attached hydrogens (tertiary/aromatic N) is 2. The third kappa shape index (κ3) is 4.40. The van der Waals surface area contributed by atoms with E-state index in [2.05, 4.69) is 113 Å². The van der Waals surface area contributed by atoms with Gasteiger partial charge in [0.1, 0.15) is 0 Å². The third-order valence-electron chi connectivity index (χ3n) is 6.05. The Morgan fingerprint density at radius 3 is 1.56 bits per heavy atom. The van der Waals surface area contributed by atoms with Crippen LogP contribution >= 0.6 is 0 Å². The van der Waals surface area contributed by atoms with Gasteiger partial charge in [-0.1, -0.05) is 89.0 Å². The summed E-state index contributed by atoms with van der Waals surface area (Å²) >= 11 is 0. The first-order valence-electron chi connectivity index (χ1n) is 11.7. The van der Waals surface area contributed by atoms with Gasteiger partial charge >= 0.3 is 0 Å². The van der Waals surface area contributed by atoms with Crippen molar-refractivity contribution in [2.24, 2.45) is 0 Å². The minimum atomic E-state index is 0.877. The molecule has 0 N–H and O–H groups in total. The lowest BCUT2D eigenvalue weighted by molar-refractivity contribution is 1.20. The summed E-state index contributed by atoms with van der Waals surface area (Å²) in [7, 11) is 0.